The van der Waals surface area contributed by atoms with Gasteiger partial charge in [-0.1, -0.05) is 91.4 Å². The molecular weight excluding hydrogens is 328 g/mol. The van der Waals surface area contributed by atoms with E-state index in [1.54, 1.807) is 5.82 Å². The number of nitrogens with zero attached hydrogens (tertiary/aromatic N) is 2. The molecule has 0 aliphatic heterocycles. The van der Waals surface area contributed by atoms with Gasteiger partial charge in [0.2, 0.25) is 0 Å². The summed E-state index contributed by atoms with van der Waals surface area (Å²) in [6.07, 6.45) is 28.1. The molecule has 0 aromatic carbocycles. The maximum Gasteiger partial charge on any atom is 0.256 e. The Bertz CT molecular complexity index is 400. The van der Waals surface area contributed by atoms with Crippen LogP contribution in [0.1, 0.15) is 129 Å². The van der Waals surface area contributed by atoms with Gasteiger partial charge in [0.25, 0.3) is 5.82 Å². The third kappa shape index (κ3) is 11.6. The normalized spacial score (nSPS) is 11.4. The summed E-state index contributed by atoms with van der Waals surface area (Å²) in [4.78, 5) is 0. The quantitative estimate of drug-likeness (QED) is 0.173. The molecule has 0 aliphatic rings. The molecule has 0 amide bonds. The van der Waals surface area contributed by atoms with E-state index >= 15 is 0 Å². The Hall–Kier alpha value is -0.790. The molecule has 1 aromatic rings. The largest absolute Gasteiger partial charge is 0.256 e. The molecule has 0 spiro atoms. The van der Waals surface area contributed by atoms with E-state index in [2.05, 4.69) is 42.3 Å². The van der Waals surface area contributed by atoms with Gasteiger partial charge in [0, 0.05) is 6.42 Å². The van der Waals surface area contributed by atoms with Crippen LogP contribution in [0, 0.1) is 0 Å². The Labute approximate surface area is 170 Å². The van der Waals surface area contributed by atoms with Crippen LogP contribution >= 0.6 is 0 Å². The zero-order valence-electron chi connectivity index (χ0n) is 19.0. The summed E-state index contributed by atoms with van der Waals surface area (Å²) in [5, 5.41) is 0. The second-order valence-corrected chi connectivity index (χ2v) is 8.45. The third-order valence-electron chi connectivity index (χ3n) is 5.85. The SMILES string of the molecule is CCCCCCCCCn1cc[n+](CCCCCCCCC)c1CCCC. The van der Waals surface area contributed by atoms with E-state index in [0.29, 0.717) is 0 Å². The molecule has 0 atom stereocenters. The molecule has 1 heterocycles. The van der Waals surface area contributed by atoms with Crippen molar-refractivity contribution in [2.45, 2.75) is 143 Å². The van der Waals surface area contributed by atoms with E-state index < -0.39 is 0 Å². The molecule has 2 heteroatoms. The smallest absolute Gasteiger partial charge is 0.234 e. The van der Waals surface area contributed by atoms with Crippen LogP contribution in [-0.2, 0) is 19.5 Å². The Morgan fingerprint density at radius 2 is 1.15 bits per heavy atom. The van der Waals surface area contributed by atoms with Crippen molar-refractivity contribution in [1.82, 2.24) is 4.57 Å². The molecule has 0 fully saturated rings. The zero-order chi connectivity index (χ0) is 19.6. The number of aromatic nitrogens is 2. The van der Waals surface area contributed by atoms with Gasteiger partial charge in [-0.2, -0.15) is 0 Å². The fraction of sp³-hybridized carbons (Fsp3) is 0.880. The van der Waals surface area contributed by atoms with Crippen LogP contribution in [0.25, 0.3) is 0 Å². The summed E-state index contributed by atoms with van der Waals surface area (Å²) in [5.41, 5.74) is 0. The first-order valence-electron chi connectivity index (χ1n) is 12.4. The van der Waals surface area contributed by atoms with Gasteiger partial charge in [-0.3, -0.25) is 0 Å². The molecule has 27 heavy (non-hydrogen) atoms. The highest BCUT2D eigenvalue weighted by molar-refractivity contribution is 4.84. The Morgan fingerprint density at radius 3 is 1.74 bits per heavy atom. The van der Waals surface area contributed by atoms with Crippen LogP contribution < -0.4 is 4.57 Å². The van der Waals surface area contributed by atoms with Gasteiger partial charge in [0.05, 0.1) is 13.1 Å². The highest BCUT2D eigenvalue weighted by atomic mass is 15.1. The number of rotatable bonds is 19. The lowest BCUT2D eigenvalue weighted by molar-refractivity contribution is -0.704. The molecule has 0 radical (unpaired) electrons. The highest BCUT2D eigenvalue weighted by Crippen LogP contribution is 2.11. The molecule has 0 bridgehead atoms. The maximum atomic E-state index is 2.56. The van der Waals surface area contributed by atoms with Crippen LogP contribution in [0.4, 0.5) is 0 Å². The topological polar surface area (TPSA) is 8.81 Å². The molecule has 0 saturated carbocycles. The zero-order valence-corrected chi connectivity index (χ0v) is 19.0. The minimum Gasteiger partial charge on any atom is -0.234 e. The van der Waals surface area contributed by atoms with Crippen LogP contribution in [0.5, 0.6) is 0 Å². The molecule has 1 rings (SSSR count). The number of hydrogen-bond donors (Lipinski definition) is 0. The van der Waals surface area contributed by atoms with E-state index in [-0.39, 0.29) is 0 Å². The Kier molecular flexibility index (Phi) is 15.6. The van der Waals surface area contributed by atoms with Crippen molar-refractivity contribution >= 4 is 0 Å². The number of hydrogen-bond acceptors (Lipinski definition) is 0. The fourth-order valence-corrected chi connectivity index (χ4v) is 4.01. The molecule has 0 aliphatic carbocycles. The molecule has 1 aromatic heterocycles. The second kappa shape index (κ2) is 17.3. The van der Waals surface area contributed by atoms with Crippen LogP contribution in [0.15, 0.2) is 12.4 Å². The summed E-state index contributed by atoms with van der Waals surface area (Å²) >= 11 is 0. The molecular formula is C25H49N2+. The van der Waals surface area contributed by atoms with E-state index in [4.69, 9.17) is 0 Å². The van der Waals surface area contributed by atoms with Gasteiger partial charge in [-0.05, 0) is 32.1 Å². The second-order valence-electron chi connectivity index (χ2n) is 8.45. The first kappa shape index (κ1) is 24.2. The fourth-order valence-electron chi connectivity index (χ4n) is 4.01. The number of aryl methyl sites for hydroxylation is 2. The van der Waals surface area contributed by atoms with Crippen LogP contribution in [0.3, 0.4) is 0 Å². The number of imidazole rings is 1. The van der Waals surface area contributed by atoms with Crippen molar-refractivity contribution in [2.75, 3.05) is 0 Å². The summed E-state index contributed by atoms with van der Waals surface area (Å²) in [5.74, 6) is 1.58. The average Bonchev–Trinajstić information content (AvgIpc) is 3.06. The van der Waals surface area contributed by atoms with Crippen molar-refractivity contribution in [3.63, 3.8) is 0 Å². The lowest BCUT2D eigenvalue weighted by atomic mass is 10.1. The first-order valence-corrected chi connectivity index (χ1v) is 12.4. The van der Waals surface area contributed by atoms with Crippen LogP contribution in [0.2, 0.25) is 0 Å². The van der Waals surface area contributed by atoms with Gasteiger partial charge in [-0.25, -0.2) is 9.13 Å². The van der Waals surface area contributed by atoms with Crippen molar-refractivity contribution in [3.05, 3.63) is 18.2 Å². The van der Waals surface area contributed by atoms with Crippen LogP contribution in [-0.4, -0.2) is 4.57 Å². The first-order chi connectivity index (χ1) is 13.3. The van der Waals surface area contributed by atoms with Gasteiger partial charge < -0.3 is 0 Å². The molecule has 0 N–H and O–H groups in total. The van der Waals surface area contributed by atoms with E-state index in [9.17, 15) is 0 Å². The summed E-state index contributed by atoms with van der Waals surface area (Å²) < 4.78 is 5.12. The van der Waals surface area contributed by atoms with Gasteiger partial charge in [0.15, 0.2) is 0 Å². The Balaban J connectivity index is 2.33. The number of unbranched alkanes of at least 4 members (excludes halogenated alkanes) is 13. The van der Waals surface area contributed by atoms with Gasteiger partial charge >= 0.3 is 0 Å². The Morgan fingerprint density at radius 1 is 0.630 bits per heavy atom. The van der Waals surface area contributed by atoms with Crippen molar-refractivity contribution in [3.8, 4) is 0 Å². The van der Waals surface area contributed by atoms with E-state index in [1.165, 1.54) is 122 Å². The minimum absolute atomic E-state index is 1.22. The lowest BCUT2D eigenvalue weighted by Gasteiger charge is -2.06. The van der Waals surface area contributed by atoms with E-state index in [0.717, 1.165) is 0 Å². The lowest BCUT2D eigenvalue weighted by Crippen LogP contribution is -2.37. The summed E-state index contributed by atoms with van der Waals surface area (Å²) in [6, 6.07) is 0. The van der Waals surface area contributed by atoms with Crippen molar-refractivity contribution < 1.29 is 4.57 Å². The molecule has 158 valence electrons. The van der Waals surface area contributed by atoms with Gasteiger partial charge in [-0.15, -0.1) is 0 Å². The van der Waals surface area contributed by atoms with Crippen molar-refractivity contribution in [2.24, 2.45) is 0 Å². The monoisotopic (exact) mass is 377 g/mol. The minimum atomic E-state index is 1.22. The van der Waals surface area contributed by atoms with Crippen molar-refractivity contribution in [1.29, 1.82) is 0 Å². The van der Waals surface area contributed by atoms with Gasteiger partial charge in [0.1, 0.15) is 12.4 Å². The summed E-state index contributed by atoms with van der Waals surface area (Å²) in [7, 11) is 0. The van der Waals surface area contributed by atoms with E-state index in [1.807, 2.05) is 0 Å². The maximum absolute atomic E-state index is 2.56. The summed E-state index contributed by atoms with van der Waals surface area (Å²) in [6.45, 7) is 9.34. The molecule has 0 saturated heterocycles. The standard InChI is InChI=1S/C25H49N2/c1-4-7-10-12-14-16-18-21-26-23-24-27(25(26)20-9-6-3)22-19-17-15-13-11-8-5-2/h23-24H,4-22H2,1-3H3/q+1. The molecule has 2 nitrogen and oxygen atoms in total. The predicted molar refractivity (Wildman–Crippen MR) is 119 cm³/mol. The third-order valence-corrected chi connectivity index (χ3v) is 5.85. The average molecular weight is 378 g/mol. The highest BCUT2D eigenvalue weighted by Gasteiger charge is 2.16. The predicted octanol–water partition coefficient (Wildman–Crippen LogP) is 7.62. The molecule has 0 unspecified atom stereocenters.